The molecule has 2 saturated heterocycles. The number of urea groups is 1. The molecule has 3 atom stereocenters. The minimum Gasteiger partial charge on any atom is -0.444 e. The molecule has 3 heterocycles. The predicted octanol–water partition coefficient (Wildman–Crippen LogP) is 2.91. The molecule has 0 radical (unpaired) electrons. The van der Waals surface area contributed by atoms with Gasteiger partial charge in [0, 0.05) is 12.6 Å². The summed E-state index contributed by atoms with van der Waals surface area (Å²) in [5, 5.41) is 18.4. The van der Waals surface area contributed by atoms with Crippen molar-refractivity contribution in [2.45, 2.75) is 77.2 Å². The Morgan fingerprint density at radius 3 is 2.90 bits per heavy atom. The summed E-state index contributed by atoms with van der Waals surface area (Å²) in [7, 11) is 0. The van der Waals surface area contributed by atoms with Crippen LogP contribution in [0.4, 0.5) is 9.59 Å². The second kappa shape index (κ2) is 9.22. The Labute approximate surface area is 176 Å². The fourth-order valence-corrected chi connectivity index (χ4v) is 3.63. The topological polar surface area (TPSA) is 117 Å². The van der Waals surface area contributed by atoms with Crippen molar-refractivity contribution in [1.82, 2.24) is 20.4 Å². The van der Waals surface area contributed by atoms with E-state index in [0.29, 0.717) is 18.8 Å². The Balaban J connectivity index is 1.57. The van der Waals surface area contributed by atoms with Crippen molar-refractivity contribution < 1.29 is 28.8 Å². The van der Waals surface area contributed by atoms with Gasteiger partial charge < -0.3 is 24.6 Å². The first-order valence-corrected chi connectivity index (χ1v) is 10.5. The second-order valence-electron chi connectivity index (χ2n) is 8.75. The van der Waals surface area contributed by atoms with Crippen molar-refractivity contribution in [3.05, 3.63) is 17.5 Å². The number of amides is 3. The number of piperidine rings is 1. The van der Waals surface area contributed by atoms with Gasteiger partial charge >= 0.3 is 12.1 Å². The summed E-state index contributed by atoms with van der Waals surface area (Å²) in [6, 6.07) is 1.31. The Kier molecular flexibility index (Phi) is 6.87. The molecule has 10 nitrogen and oxygen atoms in total. The molecule has 0 unspecified atom stereocenters. The van der Waals surface area contributed by atoms with E-state index in [9.17, 15) is 14.7 Å². The number of unbranched alkanes of at least 4 members (excludes halogenated alkanes) is 1. The van der Waals surface area contributed by atoms with Gasteiger partial charge in [-0.25, -0.2) is 9.59 Å². The van der Waals surface area contributed by atoms with Crippen molar-refractivity contribution in [3.63, 3.8) is 0 Å². The minimum atomic E-state index is -1.07. The van der Waals surface area contributed by atoms with Gasteiger partial charge in [-0.15, -0.1) is 0 Å². The molecule has 2 fully saturated rings. The largest absolute Gasteiger partial charge is 0.444 e. The third kappa shape index (κ3) is 5.23. The van der Waals surface area contributed by atoms with E-state index in [1.54, 1.807) is 31.7 Å². The molecule has 2 aliphatic rings. The summed E-state index contributed by atoms with van der Waals surface area (Å²) < 4.78 is 10.4. The van der Waals surface area contributed by atoms with Crippen LogP contribution in [0, 0.1) is 0 Å². The van der Waals surface area contributed by atoms with Crippen LogP contribution in [0.2, 0.25) is 0 Å². The lowest BCUT2D eigenvalue weighted by Crippen LogP contribution is -2.34. The average molecular weight is 424 g/mol. The lowest BCUT2D eigenvalue weighted by Gasteiger charge is -2.28. The summed E-state index contributed by atoms with van der Waals surface area (Å²) in [6.07, 6.45) is 1.77. The molecular formula is C20H32N4O6. The van der Waals surface area contributed by atoms with E-state index in [1.165, 1.54) is 5.06 Å². The zero-order valence-electron chi connectivity index (χ0n) is 18.1. The smallest absolute Gasteiger partial charge is 0.407 e. The fraction of sp³-hybridized carbons (Fsp3) is 0.750. The van der Waals surface area contributed by atoms with Crippen LogP contribution < -0.4 is 5.32 Å². The van der Waals surface area contributed by atoms with Crippen molar-refractivity contribution in [3.8, 4) is 0 Å². The van der Waals surface area contributed by atoms with Gasteiger partial charge in [0.05, 0.1) is 25.2 Å². The fourth-order valence-electron chi connectivity index (χ4n) is 3.63. The highest BCUT2D eigenvalue weighted by molar-refractivity contribution is 5.77. The maximum Gasteiger partial charge on any atom is 0.407 e. The number of hydrogen-bond donors (Lipinski definition) is 2. The number of alkyl carbamates (subject to hydrolysis) is 1. The predicted molar refractivity (Wildman–Crippen MR) is 106 cm³/mol. The molecule has 2 N–H and O–H groups in total. The molecular weight excluding hydrogens is 392 g/mol. The molecule has 1 aromatic heterocycles. The van der Waals surface area contributed by atoms with Gasteiger partial charge in [-0.3, -0.25) is 4.84 Å². The zero-order valence-corrected chi connectivity index (χ0v) is 18.1. The van der Waals surface area contributed by atoms with Gasteiger partial charge in [0.2, 0.25) is 0 Å². The maximum atomic E-state index is 12.8. The Morgan fingerprint density at radius 1 is 1.43 bits per heavy atom. The first kappa shape index (κ1) is 22.4. The third-order valence-corrected chi connectivity index (χ3v) is 5.11. The average Bonchev–Trinajstić information content (AvgIpc) is 3.25. The van der Waals surface area contributed by atoms with Crippen molar-refractivity contribution in [1.29, 1.82) is 0 Å². The number of carbonyl (C=O) groups is 2. The number of aliphatic hydroxyl groups is 1. The van der Waals surface area contributed by atoms with Crippen LogP contribution in [0.25, 0.3) is 0 Å². The highest BCUT2D eigenvalue weighted by atomic mass is 16.7. The lowest BCUT2D eigenvalue weighted by molar-refractivity contribution is -0.130. The van der Waals surface area contributed by atoms with Gasteiger partial charge in [0.25, 0.3) is 0 Å². The molecule has 0 saturated carbocycles. The summed E-state index contributed by atoms with van der Waals surface area (Å²) in [5.74, 6) is 0.228. The lowest BCUT2D eigenvalue weighted by atomic mass is 9.98. The normalized spacial score (nSPS) is 22.4. The van der Waals surface area contributed by atoms with Crippen LogP contribution in [0.3, 0.4) is 0 Å². The number of nitrogens with zero attached hydrogens (tertiary/aromatic N) is 3. The monoisotopic (exact) mass is 424 g/mol. The number of carbonyl (C=O) groups excluding carboxylic acids is 2. The number of aromatic nitrogens is 1. The zero-order chi connectivity index (χ0) is 21.9. The first-order valence-electron chi connectivity index (χ1n) is 10.5. The number of hydroxylamine groups is 2. The molecule has 1 aromatic rings. The molecule has 3 rings (SSSR count). The molecule has 0 aliphatic carbocycles. The number of aliphatic hydroxyl groups excluding tert-OH is 1. The van der Waals surface area contributed by atoms with Gasteiger partial charge in [-0.2, -0.15) is 5.06 Å². The molecule has 0 aromatic carbocycles. The summed E-state index contributed by atoms with van der Waals surface area (Å²) in [5.41, 5.74) is -0.0347. The first-order chi connectivity index (χ1) is 14.2. The molecule has 0 spiro atoms. The molecule has 168 valence electrons. The van der Waals surface area contributed by atoms with Crippen LogP contribution in [0.15, 0.2) is 10.6 Å². The Hall–Kier alpha value is -2.33. The van der Waals surface area contributed by atoms with E-state index in [0.717, 1.165) is 25.7 Å². The van der Waals surface area contributed by atoms with E-state index in [1.807, 2.05) is 0 Å². The van der Waals surface area contributed by atoms with Crippen LogP contribution >= 0.6 is 0 Å². The number of fused-ring (bicyclic) bond motifs is 2. The van der Waals surface area contributed by atoms with Gasteiger partial charge in [0.15, 0.2) is 5.76 Å². The van der Waals surface area contributed by atoms with Gasteiger partial charge in [-0.05, 0) is 40.0 Å². The van der Waals surface area contributed by atoms with Gasteiger partial charge in [0.1, 0.15) is 17.4 Å². The molecule has 2 aliphatic heterocycles. The van der Waals surface area contributed by atoms with Crippen molar-refractivity contribution >= 4 is 12.1 Å². The number of hydrogen-bond acceptors (Lipinski definition) is 7. The third-order valence-electron chi connectivity index (χ3n) is 5.11. The maximum absolute atomic E-state index is 12.8. The Morgan fingerprint density at radius 2 is 2.20 bits per heavy atom. The number of ether oxygens (including phenoxy) is 1. The van der Waals surface area contributed by atoms with Crippen LogP contribution in [0.1, 0.15) is 77.0 Å². The quantitative estimate of drug-likeness (QED) is 0.616. The van der Waals surface area contributed by atoms with Crippen molar-refractivity contribution in [2.24, 2.45) is 0 Å². The van der Waals surface area contributed by atoms with Crippen LogP contribution in [-0.2, 0) is 9.57 Å². The second-order valence-corrected chi connectivity index (χ2v) is 8.75. The van der Waals surface area contributed by atoms with E-state index in [-0.39, 0.29) is 30.4 Å². The molecule has 10 heteroatoms. The highest BCUT2D eigenvalue weighted by Gasteiger charge is 2.47. The molecule has 2 bridgehead atoms. The molecule has 30 heavy (non-hydrogen) atoms. The van der Waals surface area contributed by atoms with Crippen molar-refractivity contribution in [2.75, 3.05) is 19.7 Å². The van der Waals surface area contributed by atoms with Gasteiger partial charge in [-0.1, -0.05) is 18.5 Å². The standard InChI is InChI=1S/C20H32N4O6/c1-5-6-9-28-24-13-7-8-15(23(12-13)19(24)27)14-10-17(30-22-14)16(25)11-21-18(26)29-20(2,3)4/h10,13,15-16,25H,5-9,11-12H2,1-4H3,(H,21,26)/t13-,15+,16+/m1/s1. The Bertz CT molecular complexity index is 746. The van der Waals surface area contributed by atoms with E-state index < -0.39 is 17.8 Å². The highest BCUT2D eigenvalue weighted by Crippen LogP contribution is 2.38. The summed E-state index contributed by atoms with van der Waals surface area (Å²) >= 11 is 0. The SMILES string of the molecule is CCCCON1C(=O)N2C[C@H]1CC[C@H]2c1cc([C@@H](O)CNC(=O)OC(C)(C)C)on1. The van der Waals surface area contributed by atoms with Crippen LogP contribution in [-0.4, -0.2) is 63.7 Å². The summed E-state index contributed by atoms with van der Waals surface area (Å²) in [4.78, 5) is 31.9. The van der Waals surface area contributed by atoms with Crippen LogP contribution in [0.5, 0.6) is 0 Å². The minimum absolute atomic E-state index is 0.0561. The molecule has 3 amide bonds. The van der Waals surface area contributed by atoms with E-state index in [4.69, 9.17) is 14.1 Å². The van der Waals surface area contributed by atoms with E-state index >= 15 is 0 Å². The van der Waals surface area contributed by atoms with E-state index in [2.05, 4.69) is 17.4 Å². The summed E-state index contributed by atoms with van der Waals surface area (Å²) in [6.45, 7) is 8.40. The number of rotatable bonds is 8. The number of nitrogens with one attached hydrogen (secondary N) is 1.